The molecular formula is C18H16N2O3. The molecule has 2 atom stereocenters. The predicted octanol–water partition coefficient (Wildman–Crippen LogP) is 3.47. The monoisotopic (exact) mass is 308 g/mol. The molecule has 0 aliphatic carbocycles. The number of ether oxygens (including phenoxy) is 2. The first kappa shape index (κ1) is 14.9. The van der Waals surface area contributed by atoms with Crippen molar-refractivity contribution >= 4 is 11.7 Å². The number of nitrogens with zero attached hydrogens (tertiary/aromatic N) is 1. The van der Waals surface area contributed by atoms with Gasteiger partial charge in [0.25, 0.3) is 0 Å². The second-order valence-corrected chi connectivity index (χ2v) is 5.45. The summed E-state index contributed by atoms with van der Waals surface area (Å²) in [6.45, 7) is 1.88. The zero-order valence-corrected chi connectivity index (χ0v) is 12.7. The number of benzene rings is 2. The van der Waals surface area contributed by atoms with E-state index in [1.54, 1.807) is 24.3 Å². The molecule has 5 nitrogen and oxygen atoms in total. The first-order chi connectivity index (χ1) is 11.1. The SMILES string of the molecule is C[C@H]1C[C@@H](Nc2cccc(Oc3ccc(C#N)cc3)c2)C(=O)O1. The average molecular weight is 308 g/mol. The lowest BCUT2D eigenvalue weighted by Crippen LogP contribution is -2.24. The van der Waals surface area contributed by atoms with Crippen LogP contribution >= 0.6 is 0 Å². The number of hydrogen-bond acceptors (Lipinski definition) is 5. The maximum atomic E-state index is 11.7. The van der Waals surface area contributed by atoms with E-state index in [4.69, 9.17) is 14.7 Å². The number of hydrogen-bond donors (Lipinski definition) is 1. The van der Waals surface area contributed by atoms with Gasteiger partial charge in [-0.2, -0.15) is 5.26 Å². The lowest BCUT2D eigenvalue weighted by Gasteiger charge is -2.12. The van der Waals surface area contributed by atoms with Gasteiger partial charge in [0.2, 0.25) is 0 Å². The number of nitriles is 1. The molecule has 116 valence electrons. The van der Waals surface area contributed by atoms with E-state index in [2.05, 4.69) is 11.4 Å². The van der Waals surface area contributed by atoms with Crippen molar-refractivity contribution in [3.05, 3.63) is 54.1 Å². The van der Waals surface area contributed by atoms with Crippen molar-refractivity contribution in [2.45, 2.75) is 25.5 Å². The van der Waals surface area contributed by atoms with Crippen molar-refractivity contribution in [3.63, 3.8) is 0 Å². The molecule has 1 N–H and O–H groups in total. The molecule has 2 aromatic carbocycles. The Morgan fingerprint density at radius 1 is 1.22 bits per heavy atom. The van der Waals surface area contributed by atoms with Gasteiger partial charge in [0.1, 0.15) is 23.6 Å². The van der Waals surface area contributed by atoms with Gasteiger partial charge in [-0.15, -0.1) is 0 Å². The maximum Gasteiger partial charge on any atom is 0.328 e. The van der Waals surface area contributed by atoms with E-state index in [9.17, 15) is 4.79 Å². The lowest BCUT2D eigenvalue weighted by molar-refractivity contribution is -0.141. The zero-order valence-electron chi connectivity index (χ0n) is 12.7. The van der Waals surface area contributed by atoms with Gasteiger partial charge < -0.3 is 14.8 Å². The van der Waals surface area contributed by atoms with E-state index in [0.29, 0.717) is 23.5 Å². The molecule has 0 unspecified atom stereocenters. The van der Waals surface area contributed by atoms with Crippen LogP contribution in [0.25, 0.3) is 0 Å². The largest absolute Gasteiger partial charge is 0.461 e. The van der Waals surface area contributed by atoms with Crippen LogP contribution in [-0.2, 0) is 9.53 Å². The standard InChI is InChI=1S/C18H16N2O3/c1-12-9-17(18(21)22-12)20-14-3-2-4-16(10-14)23-15-7-5-13(11-19)6-8-15/h2-8,10,12,17,20H,9H2,1H3/t12-,17+/m0/s1. The third kappa shape index (κ3) is 3.61. The van der Waals surface area contributed by atoms with E-state index < -0.39 is 0 Å². The van der Waals surface area contributed by atoms with Gasteiger partial charge in [0.15, 0.2) is 0 Å². The van der Waals surface area contributed by atoms with E-state index in [1.165, 1.54) is 0 Å². The first-order valence-corrected chi connectivity index (χ1v) is 7.39. The summed E-state index contributed by atoms with van der Waals surface area (Å²) in [6.07, 6.45) is 0.595. The van der Waals surface area contributed by atoms with E-state index in [1.807, 2.05) is 31.2 Å². The van der Waals surface area contributed by atoms with Crippen LogP contribution in [0.1, 0.15) is 18.9 Å². The van der Waals surface area contributed by atoms with Gasteiger partial charge in [-0.1, -0.05) is 6.07 Å². The fourth-order valence-corrected chi connectivity index (χ4v) is 2.46. The Morgan fingerprint density at radius 3 is 2.65 bits per heavy atom. The summed E-state index contributed by atoms with van der Waals surface area (Å²) in [5.41, 5.74) is 1.38. The van der Waals surface area contributed by atoms with Crippen LogP contribution in [0, 0.1) is 11.3 Å². The number of nitrogens with one attached hydrogen (secondary N) is 1. The highest BCUT2D eigenvalue weighted by atomic mass is 16.6. The normalized spacial score (nSPS) is 19.7. The Hall–Kier alpha value is -3.00. The van der Waals surface area contributed by atoms with Crippen molar-refractivity contribution in [1.82, 2.24) is 0 Å². The number of esters is 1. The molecule has 1 fully saturated rings. The van der Waals surface area contributed by atoms with Gasteiger partial charge in [-0.3, -0.25) is 0 Å². The van der Waals surface area contributed by atoms with Gasteiger partial charge in [0.05, 0.1) is 11.6 Å². The highest BCUT2D eigenvalue weighted by Gasteiger charge is 2.31. The Balaban J connectivity index is 1.69. The van der Waals surface area contributed by atoms with Crippen LogP contribution in [0.3, 0.4) is 0 Å². The third-order valence-electron chi connectivity index (χ3n) is 3.56. The number of carbonyl (C=O) groups excluding carboxylic acids is 1. The highest BCUT2D eigenvalue weighted by Crippen LogP contribution is 2.26. The highest BCUT2D eigenvalue weighted by molar-refractivity contribution is 5.81. The molecule has 0 saturated carbocycles. The van der Waals surface area contributed by atoms with E-state index in [0.717, 1.165) is 5.69 Å². The molecule has 2 aromatic rings. The molecule has 1 aliphatic heterocycles. The van der Waals surface area contributed by atoms with Crippen LogP contribution in [-0.4, -0.2) is 18.1 Å². The zero-order chi connectivity index (χ0) is 16.2. The fourth-order valence-electron chi connectivity index (χ4n) is 2.46. The molecule has 1 aliphatic rings. The first-order valence-electron chi connectivity index (χ1n) is 7.39. The summed E-state index contributed by atoms with van der Waals surface area (Å²) < 4.78 is 10.9. The van der Waals surface area contributed by atoms with Crippen LogP contribution < -0.4 is 10.1 Å². The molecule has 0 aromatic heterocycles. The Labute approximate surface area is 134 Å². The van der Waals surface area contributed by atoms with Gasteiger partial charge in [-0.05, 0) is 43.3 Å². The molecule has 0 bridgehead atoms. The van der Waals surface area contributed by atoms with E-state index in [-0.39, 0.29) is 18.1 Å². The van der Waals surface area contributed by atoms with Gasteiger partial charge >= 0.3 is 5.97 Å². The maximum absolute atomic E-state index is 11.7. The van der Waals surface area contributed by atoms with Crippen LogP contribution in [0.5, 0.6) is 11.5 Å². The fraction of sp³-hybridized carbons (Fsp3) is 0.222. The molecule has 0 spiro atoms. The second-order valence-electron chi connectivity index (χ2n) is 5.45. The van der Waals surface area contributed by atoms with Crippen molar-refractivity contribution in [1.29, 1.82) is 5.26 Å². The van der Waals surface area contributed by atoms with Gasteiger partial charge in [0, 0.05) is 18.2 Å². The summed E-state index contributed by atoms with van der Waals surface area (Å²) >= 11 is 0. The molecule has 5 heteroatoms. The Kier molecular flexibility index (Phi) is 4.15. The number of cyclic esters (lactones) is 1. The van der Waals surface area contributed by atoms with E-state index >= 15 is 0 Å². The molecular weight excluding hydrogens is 292 g/mol. The van der Waals surface area contributed by atoms with Crippen molar-refractivity contribution in [2.24, 2.45) is 0 Å². The smallest absolute Gasteiger partial charge is 0.328 e. The average Bonchev–Trinajstić information content (AvgIpc) is 2.86. The Bertz CT molecular complexity index is 750. The Morgan fingerprint density at radius 2 is 2.00 bits per heavy atom. The summed E-state index contributed by atoms with van der Waals surface area (Å²) in [6, 6.07) is 16.0. The molecule has 1 saturated heterocycles. The quantitative estimate of drug-likeness (QED) is 0.876. The lowest BCUT2D eigenvalue weighted by atomic mass is 10.1. The number of anilines is 1. The van der Waals surface area contributed by atoms with Crippen molar-refractivity contribution < 1.29 is 14.3 Å². The third-order valence-corrected chi connectivity index (χ3v) is 3.56. The minimum atomic E-state index is -0.324. The molecule has 1 heterocycles. The predicted molar refractivity (Wildman–Crippen MR) is 85.3 cm³/mol. The van der Waals surface area contributed by atoms with Crippen molar-refractivity contribution in [2.75, 3.05) is 5.32 Å². The van der Waals surface area contributed by atoms with Crippen LogP contribution in [0.4, 0.5) is 5.69 Å². The van der Waals surface area contributed by atoms with Crippen molar-refractivity contribution in [3.8, 4) is 17.6 Å². The topological polar surface area (TPSA) is 71.3 Å². The summed E-state index contributed by atoms with van der Waals surface area (Å²) in [4.78, 5) is 11.7. The van der Waals surface area contributed by atoms with Crippen LogP contribution in [0.15, 0.2) is 48.5 Å². The van der Waals surface area contributed by atoms with Crippen LogP contribution in [0.2, 0.25) is 0 Å². The minimum Gasteiger partial charge on any atom is -0.461 e. The molecule has 23 heavy (non-hydrogen) atoms. The molecule has 0 amide bonds. The summed E-state index contributed by atoms with van der Waals surface area (Å²) in [5.74, 6) is 1.07. The molecule has 0 radical (unpaired) electrons. The summed E-state index contributed by atoms with van der Waals surface area (Å²) in [5, 5.41) is 12.0. The number of rotatable bonds is 4. The summed E-state index contributed by atoms with van der Waals surface area (Å²) in [7, 11) is 0. The molecule has 3 rings (SSSR count). The minimum absolute atomic E-state index is 0.0573. The number of carbonyl (C=O) groups is 1. The van der Waals surface area contributed by atoms with Gasteiger partial charge in [-0.25, -0.2) is 4.79 Å². The second kappa shape index (κ2) is 6.41.